The number of nitrogens with zero attached hydrogens (tertiary/aromatic N) is 2. The van der Waals surface area contributed by atoms with Crippen molar-refractivity contribution in [3.63, 3.8) is 0 Å². The lowest BCUT2D eigenvalue weighted by molar-refractivity contribution is -0.127. The molecule has 14 heteroatoms. The van der Waals surface area contributed by atoms with Crippen LogP contribution in [0.3, 0.4) is 0 Å². The molecule has 2 aliphatic rings. The maximum Gasteiger partial charge on any atom is 0.262 e. The van der Waals surface area contributed by atoms with Crippen LogP contribution in [0, 0.1) is 55.4 Å². The van der Waals surface area contributed by atoms with Crippen LogP contribution in [0.25, 0.3) is 43.1 Å². The second-order valence-corrected chi connectivity index (χ2v) is 26.4. The molecular formula is C74H76N4O10. The predicted octanol–water partition coefficient (Wildman–Crippen LogP) is 16.7. The minimum Gasteiger partial charge on any atom is -0.457 e. The molecule has 452 valence electrons. The highest BCUT2D eigenvalue weighted by molar-refractivity contribution is 6.45. The molecule has 0 radical (unpaired) electrons. The molecule has 2 unspecified atom stereocenters. The van der Waals surface area contributed by atoms with Gasteiger partial charge in [-0.25, -0.2) is 0 Å². The Labute approximate surface area is 513 Å². The van der Waals surface area contributed by atoms with E-state index in [-0.39, 0.29) is 68.9 Å². The van der Waals surface area contributed by atoms with E-state index in [2.05, 4.69) is 10.6 Å². The van der Waals surface area contributed by atoms with Crippen molar-refractivity contribution in [3.8, 4) is 46.0 Å². The average molecular weight is 1180 g/mol. The van der Waals surface area contributed by atoms with Crippen molar-refractivity contribution in [1.82, 2.24) is 20.4 Å². The fourth-order valence-corrected chi connectivity index (χ4v) is 12.9. The largest absolute Gasteiger partial charge is 0.457 e. The number of rotatable bonds is 16. The number of carbonyl (C=O) groups is 6. The summed E-state index contributed by atoms with van der Waals surface area (Å²) in [6.45, 7) is 30.6. The number of aryl methyl sites for hydroxylation is 8. The zero-order chi connectivity index (χ0) is 63.3. The van der Waals surface area contributed by atoms with Crippen LogP contribution >= 0.6 is 0 Å². The highest BCUT2D eigenvalue weighted by atomic mass is 16.5. The second-order valence-electron chi connectivity index (χ2n) is 26.4. The molecule has 2 N–H and O–H groups in total. The number of benzene rings is 9. The van der Waals surface area contributed by atoms with Crippen LogP contribution in [0.15, 0.2) is 97.1 Å². The van der Waals surface area contributed by atoms with Gasteiger partial charge in [-0.15, -0.1) is 0 Å². The third-order valence-corrected chi connectivity index (χ3v) is 16.3. The lowest BCUT2D eigenvalue weighted by Crippen LogP contribution is -2.56. The Kier molecular flexibility index (Phi) is 15.4. The molecule has 9 aromatic carbocycles. The van der Waals surface area contributed by atoms with Gasteiger partial charge in [-0.05, 0) is 227 Å². The molecule has 2 atom stereocenters. The third-order valence-electron chi connectivity index (χ3n) is 16.3. The average Bonchev–Trinajstić information content (AvgIpc) is 0.677. The summed E-state index contributed by atoms with van der Waals surface area (Å²) in [5.74, 6) is -1.52. The van der Waals surface area contributed by atoms with Crippen molar-refractivity contribution in [2.75, 3.05) is 0 Å². The zero-order valence-corrected chi connectivity index (χ0v) is 53.2. The standard InChI is InChI=1S/C74H76N4O10/c1-17-19-53(67(79)75-73(11,12)13)77-69(81)49-33-55(85-45-22-21-43(9)44(10)32-45)61-62-56(86-46-26-37(3)23-38(4)27-46)34-51-60-52(72(84)78(71(51)83)54(20-18-2)68(80)76-74(14,15)16)36-58(88-48-30-41(7)25-42(8)31-48)64(66(60)62)63-57(35-50(70(77)82)59(49)65(61)63)87-47-28-39(5)24-40(6)29-47/h21-36,53-54H,17-20H2,1-16H3,(H,75,79)(H,76,80). The fourth-order valence-electron chi connectivity index (χ4n) is 12.9. The topological polar surface area (TPSA) is 170 Å². The van der Waals surface area contributed by atoms with E-state index in [9.17, 15) is 9.59 Å². The molecule has 9 aromatic rings. The molecule has 11 rings (SSSR count). The van der Waals surface area contributed by atoms with Gasteiger partial charge in [0.2, 0.25) is 11.8 Å². The van der Waals surface area contributed by atoms with Crippen LogP contribution in [0.2, 0.25) is 0 Å². The van der Waals surface area contributed by atoms with Crippen LogP contribution < -0.4 is 29.6 Å². The minimum atomic E-state index is -1.22. The van der Waals surface area contributed by atoms with Gasteiger partial charge < -0.3 is 29.6 Å². The quantitative estimate of drug-likeness (QED) is 0.0539. The maximum atomic E-state index is 16.0. The number of hydrogen-bond acceptors (Lipinski definition) is 10. The molecule has 0 fully saturated rings. The van der Waals surface area contributed by atoms with E-state index in [1.54, 1.807) is 24.3 Å². The SMILES string of the molecule is CCCC(C(=O)NC(C)(C)C)N1C(=O)c2cc(Oc3cc(C)cc(C)c3)c3c4c(Oc5cc(C)cc(C)c5)cc5c6c(cc(Oc7ccc(C)c(C)c7)c(c7c(Oc8cc(C)cc(C)c8)cc(c2c37)C1=O)c64)C(=O)N(C(CCC)C(=O)NC(C)(C)C)C5=O. The van der Waals surface area contributed by atoms with Gasteiger partial charge in [-0.2, -0.15) is 0 Å². The van der Waals surface area contributed by atoms with Crippen molar-refractivity contribution >= 4 is 78.5 Å². The molecule has 0 spiro atoms. The summed E-state index contributed by atoms with van der Waals surface area (Å²) >= 11 is 0. The Hall–Kier alpha value is -9.30. The molecule has 88 heavy (non-hydrogen) atoms. The van der Waals surface area contributed by atoms with Crippen LogP contribution in [-0.4, -0.2) is 68.4 Å². The first-order valence-electron chi connectivity index (χ1n) is 30.3. The number of fused-ring (bicyclic) bond motifs is 2. The normalized spacial score (nSPS) is 14.1. The lowest BCUT2D eigenvalue weighted by Gasteiger charge is -2.36. The summed E-state index contributed by atoms with van der Waals surface area (Å²) in [6, 6.07) is 27.1. The predicted molar refractivity (Wildman–Crippen MR) is 346 cm³/mol. The van der Waals surface area contributed by atoms with Gasteiger partial charge in [0.05, 0.1) is 22.3 Å². The van der Waals surface area contributed by atoms with Gasteiger partial charge in [-0.3, -0.25) is 38.6 Å². The Morgan fingerprint density at radius 3 is 0.920 bits per heavy atom. The van der Waals surface area contributed by atoms with E-state index in [0.29, 0.717) is 68.2 Å². The Morgan fingerprint density at radius 2 is 0.659 bits per heavy atom. The van der Waals surface area contributed by atoms with Crippen molar-refractivity contribution in [3.05, 3.63) is 164 Å². The van der Waals surface area contributed by atoms with Crippen molar-refractivity contribution in [2.45, 2.75) is 160 Å². The number of carbonyl (C=O) groups excluding carboxylic acids is 6. The number of ether oxygens (including phenoxy) is 4. The van der Waals surface area contributed by atoms with Crippen molar-refractivity contribution in [1.29, 1.82) is 0 Å². The highest BCUT2D eigenvalue weighted by Gasteiger charge is 2.46. The Morgan fingerprint density at radius 1 is 0.375 bits per heavy atom. The number of amides is 6. The summed E-state index contributed by atoms with van der Waals surface area (Å²) < 4.78 is 29.0. The first-order chi connectivity index (χ1) is 41.5. The van der Waals surface area contributed by atoms with Crippen LogP contribution in [0.1, 0.15) is 167 Å². The molecule has 2 aliphatic heterocycles. The number of hydrogen-bond donors (Lipinski definition) is 2. The molecule has 0 bridgehead atoms. The molecular weight excluding hydrogens is 1100 g/mol. The van der Waals surface area contributed by atoms with E-state index in [1.807, 2.05) is 184 Å². The lowest BCUT2D eigenvalue weighted by atomic mass is 9.80. The van der Waals surface area contributed by atoms with E-state index in [1.165, 1.54) is 0 Å². The monoisotopic (exact) mass is 1180 g/mol. The Bertz CT molecular complexity index is 4380. The smallest absolute Gasteiger partial charge is 0.262 e. The van der Waals surface area contributed by atoms with Crippen LogP contribution in [0.4, 0.5) is 0 Å². The zero-order valence-electron chi connectivity index (χ0n) is 53.2. The summed E-state index contributed by atoms with van der Waals surface area (Å²) in [5.41, 5.74) is 6.21. The van der Waals surface area contributed by atoms with E-state index < -0.39 is 58.6 Å². The van der Waals surface area contributed by atoms with Gasteiger partial charge in [-0.1, -0.05) is 51.0 Å². The van der Waals surface area contributed by atoms with E-state index >= 15 is 19.2 Å². The Balaban J connectivity index is 1.39. The van der Waals surface area contributed by atoms with Crippen LogP contribution in [-0.2, 0) is 9.59 Å². The van der Waals surface area contributed by atoms with E-state index in [4.69, 9.17) is 18.9 Å². The number of imide groups is 2. The maximum absolute atomic E-state index is 16.0. The van der Waals surface area contributed by atoms with Crippen molar-refractivity contribution < 1.29 is 47.7 Å². The molecule has 0 aromatic heterocycles. The first-order valence-corrected chi connectivity index (χ1v) is 30.3. The van der Waals surface area contributed by atoms with E-state index in [0.717, 1.165) is 54.3 Å². The molecule has 0 saturated heterocycles. The first kappa shape index (κ1) is 60.4. The summed E-state index contributed by atoms with van der Waals surface area (Å²) in [6.07, 6.45) is 1.26. The van der Waals surface area contributed by atoms with Gasteiger partial charge in [0.15, 0.2) is 0 Å². The molecule has 14 nitrogen and oxygen atoms in total. The van der Waals surface area contributed by atoms with Gasteiger partial charge >= 0.3 is 0 Å². The van der Waals surface area contributed by atoms with Gasteiger partial charge in [0, 0.05) is 54.2 Å². The molecule has 6 amide bonds. The van der Waals surface area contributed by atoms with Gasteiger partial charge in [0.25, 0.3) is 23.6 Å². The van der Waals surface area contributed by atoms with Gasteiger partial charge in [0.1, 0.15) is 58.1 Å². The highest BCUT2D eigenvalue weighted by Crippen LogP contribution is 2.58. The van der Waals surface area contributed by atoms with Crippen molar-refractivity contribution in [2.24, 2.45) is 0 Å². The summed E-state index contributed by atoms with van der Waals surface area (Å²) in [5, 5.41) is 8.72. The van der Waals surface area contributed by atoms with Crippen LogP contribution in [0.5, 0.6) is 46.0 Å². The minimum absolute atomic E-state index is 0.0788. The summed E-state index contributed by atoms with van der Waals surface area (Å²) in [7, 11) is 0. The molecule has 2 heterocycles. The second kappa shape index (κ2) is 22.4. The molecule has 0 aliphatic carbocycles. The summed E-state index contributed by atoms with van der Waals surface area (Å²) in [4.78, 5) is 95.4. The molecule has 0 saturated carbocycles. The fraction of sp³-hybridized carbons (Fsp3) is 0.324. The third kappa shape index (κ3) is 11.0. The number of nitrogens with one attached hydrogen (secondary N) is 2.